The molecule has 1 aromatic carbocycles. The highest BCUT2D eigenvalue weighted by molar-refractivity contribution is 5.70. The summed E-state index contributed by atoms with van der Waals surface area (Å²) in [6.45, 7) is 1.89. The Labute approximate surface area is 107 Å². The first-order chi connectivity index (χ1) is 8.77. The Morgan fingerprint density at radius 3 is 2.11 bits per heavy atom. The Hall–Kier alpha value is -1.59. The van der Waals surface area contributed by atoms with Crippen molar-refractivity contribution in [3.8, 4) is 5.75 Å². The van der Waals surface area contributed by atoms with Crippen molar-refractivity contribution in [2.75, 3.05) is 40.5 Å². The molecule has 1 amide bonds. The van der Waals surface area contributed by atoms with Gasteiger partial charge in [0.2, 0.25) is 0 Å². The van der Waals surface area contributed by atoms with Gasteiger partial charge in [0.25, 0.3) is 0 Å². The zero-order chi connectivity index (χ0) is 13.2. The number of hydrogen-bond donors (Lipinski definition) is 0. The summed E-state index contributed by atoms with van der Waals surface area (Å²) in [5.41, 5.74) is 0. The Bertz CT molecular complexity index is 334. The molecule has 0 aromatic heterocycles. The highest BCUT2D eigenvalue weighted by Gasteiger charge is 2.15. The number of carbonyl (C=O) groups excluding carboxylic acids is 1. The van der Waals surface area contributed by atoms with E-state index in [1.807, 2.05) is 18.2 Å². The maximum Gasteiger partial charge on any atom is 0.415 e. The van der Waals surface area contributed by atoms with Crippen LogP contribution in [0.4, 0.5) is 4.79 Å². The fraction of sp³-hybridized carbons (Fsp3) is 0.462. The summed E-state index contributed by atoms with van der Waals surface area (Å²) in [4.78, 5) is 13.5. The summed E-state index contributed by atoms with van der Waals surface area (Å²) >= 11 is 0. The molecule has 0 unspecified atom stereocenters. The van der Waals surface area contributed by atoms with Crippen LogP contribution in [-0.2, 0) is 9.47 Å². The molecule has 0 aliphatic heterocycles. The zero-order valence-corrected chi connectivity index (χ0v) is 10.8. The van der Waals surface area contributed by atoms with Gasteiger partial charge < -0.3 is 19.1 Å². The fourth-order valence-electron chi connectivity index (χ4n) is 1.35. The topological polar surface area (TPSA) is 48.0 Å². The number of methoxy groups -OCH3 is 2. The van der Waals surface area contributed by atoms with Gasteiger partial charge in [0.1, 0.15) is 5.75 Å². The molecule has 18 heavy (non-hydrogen) atoms. The highest BCUT2D eigenvalue weighted by atomic mass is 16.6. The average molecular weight is 253 g/mol. The SMILES string of the molecule is COCCN(CCOC)C(=O)Oc1ccccc1. The van der Waals surface area contributed by atoms with Crippen LogP contribution < -0.4 is 4.74 Å². The maximum atomic E-state index is 11.9. The van der Waals surface area contributed by atoms with Gasteiger partial charge in [0.15, 0.2) is 0 Å². The van der Waals surface area contributed by atoms with E-state index >= 15 is 0 Å². The number of ether oxygens (including phenoxy) is 3. The molecule has 0 heterocycles. The Morgan fingerprint density at radius 2 is 1.61 bits per heavy atom. The summed E-state index contributed by atoms with van der Waals surface area (Å²) in [5, 5.41) is 0. The van der Waals surface area contributed by atoms with Crippen molar-refractivity contribution < 1.29 is 19.0 Å². The molecular formula is C13H19NO4. The van der Waals surface area contributed by atoms with Gasteiger partial charge in [-0.3, -0.25) is 0 Å². The highest BCUT2D eigenvalue weighted by Crippen LogP contribution is 2.10. The van der Waals surface area contributed by atoms with Crippen molar-refractivity contribution in [2.45, 2.75) is 0 Å². The third-order valence-electron chi connectivity index (χ3n) is 2.34. The average Bonchev–Trinajstić information content (AvgIpc) is 2.40. The zero-order valence-electron chi connectivity index (χ0n) is 10.8. The molecule has 100 valence electrons. The minimum absolute atomic E-state index is 0.393. The molecule has 0 radical (unpaired) electrons. The number of rotatable bonds is 7. The number of para-hydroxylation sites is 1. The van der Waals surface area contributed by atoms with E-state index in [1.54, 1.807) is 31.3 Å². The third-order valence-corrected chi connectivity index (χ3v) is 2.34. The van der Waals surface area contributed by atoms with Crippen molar-refractivity contribution in [3.05, 3.63) is 30.3 Å². The van der Waals surface area contributed by atoms with Gasteiger partial charge in [0.05, 0.1) is 13.2 Å². The lowest BCUT2D eigenvalue weighted by atomic mass is 10.3. The lowest BCUT2D eigenvalue weighted by molar-refractivity contribution is 0.102. The van der Waals surface area contributed by atoms with E-state index in [0.717, 1.165) is 0 Å². The normalized spacial score (nSPS) is 10.1. The molecular weight excluding hydrogens is 234 g/mol. The Kier molecular flexibility index (Phi) is 6.83. The standard InChI is InChI=1S/C13H19NO4/c1-16-10-8-14(9-11-17-2)13(15)18-12-6-4-3-5-7-12/h3-7H,8-11H2,1-2H3. The van der Waals surface area contributed by atoms with E-state index in [2.05, 4.69) is 0 Å². The summed E-state index contributed by atoms with van der Waals surface area (Å²) < 4.78 is 15.2. The maximum absolute atomic E-state index is 11.9. The van der Waals surface area contributed by atoms with Gasteiger partial charge in [-0.2, -0.15) is 0 Å². The van der Waals surface area contributed by atoms with Crippen molar-refractivity contribution in [2.24, 2.45) is 0 Å². The van der Waals surface area contributed by atoms with Gasteiger partial charge in [-0.05, 0) is 12.1 Å². The van der Waals surface area contributed by atoms with Crippen molar-refractivity contribution in [1.29, 1.82) is 0 Å². The predicted octanol–water partition coefficient (Wildman–Crippen LogP) is 1.78. The van der Waals surface area contributed by atoms with E-state index < -0.39 is 6.09 Å². The third kappa shape index (κ3) is 5.16. The van der Waals surface area contributed by atoms with Crippen LogP contribution in [0.2, 0.25) is 0 Å². The summed E-state index contributed by atoms with van der Waals surface area (Å²) in [6.07, 6.45) is -0.393. The van der Waals surface area contributed by atoms with Crippen LogP contribution in [0.1, 0.15) is 0 Å². The first-order valence-corrected chi connectivity index (χ1v) is 5.77. The molecule has 0 fully saturated rings. The van der Waals surface area contributed by atoms with Crippen molar-refractivity contribution in [3.63, 3.8) is 0 Å². The molecule has 0 saturated heterocycles. The van der Waals surface area contributed by atoms with Gasteiger partial charge in [-0.15, -0.1) is 0 Å². The monoisotopic (exact) mass is 253 g/mol. The molecule has 1 aromatic rings. The van der Waals surface area contributed by atoms with E-state index in [1.165, 1.54) is 0 Å². The fourth-order valence-corrected chi connectivity index (χ4v) is 1.35. The molecule has 5 nitrogen and oxygen atoms in total. The van der Waals surface area contributed by atoms with Crippen LogP contribution in [0.3, 0.4) is 0 Å². The first kappa shape index (κ1) is 14.5. The number of nitrogens with zero attached hydrogens (tertiary/aromatic N) is 1. The molecule has 0 bridgehead atoms. The molecule has 0 atom stereocenters. The van der Waals surface area contributed by atoms with Crippen molar-refractivity contribution >= 4 is 6.09 Å². The summed E-state index contributed by atoms with van der Waals surface area (Å²) in [7, 11) is 3.19. The Balaban J connectivity index is 2.52. The summed E-state index contributed by atoms with van der Waals surface area (Å²) in [5.74, 6) is 0.530. The lowest BCUT2D eigenvalue weighted by Crippen LogP contribution is -2.38. The second-order valence-electron chi connectivity index (χ2n) is 3.65. The van der Waals surface area contributed by atoms with E-state index in [-0.39, 0.29) is 0 Å². The lowest BCUT2D eigenvalue weighted by Gasteiger charge is -2.21. The van der Waals surface area contributed by atoms with E-state index in [0.29, 0.717) is 32.1 Å². The largest absolute Gasteiger partial charge is 0.415 e. The van der Waals surface area contributed by atoms with Crippen LogP contribution >= 0.6 is 0 Å². The molecule has 0 N–H and O–H groups in total. The quantitative estimate of drug-likeness (QED) is 0.743. The number of amides is 1. The van der Waals surface area contributed by atoms with Crippen LogP contribution in [-0.4, -0.2) is 51.5 Å². The number of benzene rings is 1. The second-order valence-corrected chi connectivity index (χ2v) is 3.65. The van der Waals surface area contributed by atoms with Gasteiger partial charge in [-0.25, -0.2) is 4.79 Å². The van der Waals surface area contributed by atoms with Gasteiger partial charge in [-0.1, -0.05) is 18.2 Å². The minimum atomic E-state index is -0.393. The van der Waals surface area contributed by atoms with Crippen LogP contribution in [0, 0.1) is 0 Å². The second kappa shape index (κ2) is 8.49. The first-order valence-electron chi connectivity index (χ1n) is 5.77. The van der Waals surface area contributed by atoms with Crippen LogP contribution in [0.15, 0.2) is 30.3 Å². The van der Waals surface area contributed by atoms with Gasteiger partial charge in [0, 0.05) is 27.3 Å². The van der Waals surface area contributed by atoms with E-state index in [4.69, 9.17) is 14.2 Å². The Morgan fingerprint density at radius 1 is 1.06 bits per heavy atom. The van der Waals surface area contributed by atoms with Crippen LogP contribution in [0.25, 0.3) is 0 Å². The number of carbonyl (C=O) groups is 1. The van der Waals surface area contributed by atoms with Crippen LogP contribution in [0.5, 0.6) is 5.75 Å². The predicted molar refractivity (Wildman–Crippen MR) is 67.8 cm³/mol. The van der Waals surface area contributed by atoms with Crippen molar-refractivity contribution in [1.82, 2.24) is 4.90 Å². The molecule has 5 heteroatoms. The minimum Gasteiger partial charge on any atom is -0.410 e. The van der Waals surface area contributed by atoms with Gasteiger partial charge >= 0.3 is 6.09 Å². The molecule has 0 aliphatic rings. The molecule has 0 aliphatic carbocycles. The van der Waals surface area contributed by atoms with E-state index in [9.17, 15) is 4.79 Å². The number of hydrogen-bond acceptors (Lipinski definition) is 4. The molecule has 1 rings (SSSR count). The summed E-state index contributed by atoms with van der Waals surface area (Å²) in [6, 6.07) is 8.98. The molecule has 0 spiro atoms. The molecule has 0 saturated carbocycles. The smallest absolute Gasteiger partial charge is 0.410 e.